The van der Waals surface area contributed by atoms with Crippen molar-refractivity contribution in [3.63, 3.8) is 0 Å². The van der Waals surface area contributed by atoms with Crippen LogP contribution in [0, 0.1) is 0 Å². The van der Waals surface area contributed by atoms with Crippen molar-refractivity contribution in [3.05, 3.63) is 65.7 Å². The van der Waals surface area contributed by atoms with Gasteiger partial charge in [-0.3, -0.25) is 0 Å². The maximum Gasteiger partial charge on any atom is 0.339 e. The average Bonchev–Trinajstić information content (AvgIpc) is 2.63. The molecule has 2 aromatic carbocycles. The molecule has 0 aromatic heterocycles. The van der Waals surface area contributed by atoms with E-state index in [9.17, 15) is 9.59 Å². The minimum absolute atomic E-state index is 0.306. The highest BCUT2D eigenvalue weighted by Gasteiger charge is 2.22. The van der Waals surface area contributed by atoms with Gasteiger partial charge in [0.15, 0.2) is 0 Å². The molecule has 2 aromatic rings. The molecule has 0 fully saturated rings. The largest absolute Gasteiger partial charge is 0.468 e. The lowest BCUT2D eigenvalue weighted by Crippen LogP contribution is -2.25. The molecule has 2 rings (SSSR count). The van der Waals surface area contributed by atoms with Gasteiger partial charge >= 0.3 is 11.9 Å². The summed E-state index contributed by atoms with van der Waals surface area (Å²) in [6.07, 6.45) is 0. The van der Waals surface area contributed by atoms with Gasteiger partial charge in [0.2, 0.25) is 0 Å². The summed E-state index contributed by atoms with van der Waals surface area (Å²) >= 11 is 1.20. The van der Waals surface area contributed by atoms with Gasteiger partial charge < -0.3 is 9.47 Å². The van der Waals surface area contributed by atoms with E-state index in [1.54, 1.807) is 25.1 Å². The van der Waals surface area contributed by atoms with Crippen molar-refractivity contribution >= 4 is 23.9 Å². The van der Waals surface area contributed by atoms with Gasteiger partial charge in [0, 0.05) is 4.90 Å². The van der Waals surface area contributed by atoms with Crippen LogP contribution in [0.5, 0.6) is 0 Å². The van der Waals surface area contributed by atoms with Crippen molar-refractivity contribution in [1.82, 2.24) is 4.72 Å². The summed E-state index contributed by atoms with van der Waals surface area (Å²) in [5, 5.41) is 0. The Hall–Kier alpha value is -2.31. The van der Waals surface area contributed by atoms with Crippen LogP contribution in [0.15, 0.2) is 59.5 Å². The molecule has 6 heteroatoms. The van der Waals surface area contributed by atoms with Crippen molar-refractivity contribution in [3.8, 4) is 0 Å². The molecule has 126 valence electrons. The van der Waals surface area contributed by atoms with Gasteiger partial charge in [0.05, 0.1) is 19.3 Å². The first-order valence-electron chi connectivity index (χ1n) is 7.48. The first-order valence-corrected chi connectivity index (χ1v) is 8.30. The topological polar surface area (TPSA) is 64.6 Å². The van der Waals surface area contributed by atoms with Crippen LogP contribution >= 0.6 is 11.9 Å². The molecule has 0 amide bonds. The summed E-state index contributed by atoms with van der Waals surface area (Å²) in [7, 11) is 1.34. The second kappa shape index (κ2) is 9.10. The van der Waals surface area contributed by atoms with E-state index in [0.717, 1.165) is 5.56 Å². The standard InChI is InChI=1S/C18H19NO4S/c1-3-23-17(20)14-11-7-8-12-15(14)24-19-16(18(21)22-2)13-9-5-4-6-10-13/h4-12,16,19H,3H2,1-2H3. The number of hydrogen-bond donors (Lipinski definition) is 1. The Morgan fingerprint density at radius 2 is 1.75 bits per heavy atom. The van der Waals surface area contributed by atoms with Gasteiger partial charge in [-0.1, -0.05) is 42.5 Å². The fourth-order valence-corrected chi connectivity index (χ4v) is 2.96. The lowest BCUT2D eigenvalue weighted by atomic mass is 10.1. The second-order valence-corrected chi connectivity index (χ2v) is 5.68. The Labute approximate surface area is 145 Å². The highest BCUT2D eigenvalue weighted by molar-refractivity contribution is 7.97. The van der Waals surface area contributed by atoms with E-state index < -0.39 is 18.0 Å². The molecule has 0 saturated heterocycles. The van der Waals surface area contributed by atoms with Gasteiger partial charge in [-0.2, -0.15) is 0 Å². The normalized spacial score (nSPS) is 11.6. The van der Waals surface area contributed by atoms with Crippen molar-refractivity contribution in [2.75, 3.05) is 13.7 Å². The number of nitrogens with one attached hydrogen (secondary N) is 1. The predicted molar refractivity (Wildman–Crippen MR) is 92.6 cm³/mol. The molecular weight excluding hydrogens is 326 g/mol. The molecule has 0 aliphatic carbocycles. The number of carbonyl (C=O) groups excluding carboxylic acids is 2. The number of ether oxygens (including phenoxy) is 2. The number of carbonyl (C=O) groups is 2. The van der Waals surface area contributed by atoms with E-state index in [2.05, 4.69) is 4.72 Å². The van der Waals surface area contributed by atoms with Crippen LogP contribution in [-0.4, -0.2) is 25.7 Å². The average molecular weight is 345 g/mol. The number of hydrogen-bond acceptors (Lipinski definition) is 6. The molecule has 1 N–H and O–H groups in total. The summed E-state index contributed by atoms with van der Waals surface area (Å²) in [5.41, 5.74) is 1.24. The molecule has 0 aliphatic heterocycles. The van der Waals surface area contributed by atoms with E-state index >= 15 is 0 Å². The minimum atomic E-state index is -0.642. The third kappa shape index (κ3) is 4.59. The van der Waals surface area contributed by atoms with Crippen LogP contribution in [0.4, 0.5) is 0 Å². The molecule has 0 bridgehead atoms. The fourth-order valence-electron chi connectivity index (χ4n) is 2.07. The Balaban J connectivity index is 2.18. The fraction of sp³-hybridized carbons (Fsp3) is 0.222. The van der Waals surface area contributed by atoms with Crippen molar-refractivity contribution in [2.45, 2.75) is 17.9 Å². The summed E-state index contributed by atoms with van der Waals surface area (Å²) in [4.78, 5) is 24.8. The number of esters is 2. The van der Waals surface area contributed by atoms with Crippen LogP contribution in [0.25, 0.3) is 0 Å². The van der Waals surface area contributed by atoms with E-state index in [1.807, 2.05) is 36.4 Å². The molecule has 24 heavy (non-hydrogen) atoms. The van der Waals surface area contributed by atoms with Crippen molar-refractivity contribution in [2.24, 2.45) is 0 Å². The molecule has 0 aliphatic rings. The Bertz CT molecular complexity index is 690. The molecule has 0 saturated carbocycles. The molecular formula is C18H19NO4S. The highest BCUT2D eigenvalue weighted by Crippen LogP contribution is 2.25. The van der Waals surface area contributed by atoms with Gasteiger partial charge in [-0.05, 0) is 36.6 Å². The SMILES string of the molecule is CCOC(=O)c1ccccc1SNC(C(=O)OC)c1ccccc1. The second-order valence-electron chi connectivity index (χ2n) is 4.80. The number of methoxy groups -OCH3 is 1. The van der Waals surface area contributed by atoms with Crippen molar-refractivity contribution < 1.29 is 19.1 Å². The summed E-state index contributed by atoms with van der Waals surface area (Å²) < 4.78 is 13.0. The van der Waals surface area contributed by atoms with Crippen LogP contribution in [-0.2, 0) is 14.3 Å². The minimum Gasteiger partial charge on any atom is -0.468 e. The van der Waals surface area contributed by atoms with E-state index in [1.165, 1.54) is 19.1 Å². The predicted octanol–water partition coefficient (Wildman–Crippen LogP) is 3.37. The van der Waals surface area contributed by atoms with E-state index in [-0.39, 0.29) is 0 Å². The monoisotopic (exact) mass is 345 g/mol. The van der Waals surface area contributed by atoms with Crippen LogP contribution in [0.1, 0.15) is 28.9 Å². The third-order valence-electron chi connectivity index (χ3n) is 3.24. The van der Waals surface area contributed by atoms with Crippen LogP contribution in [0.2, 0.25) is 0 Å². The summed E-state index contributed by atoms with van der Waals surface area (Å²) in [6.45, 7) is 2.06. The van der Waals surface area contributed by atoms with Gasteiger partial charge in [-0.25, -0.2) is 14.3 Å². The maximum absolute atomic E-state index is 12.1. The van der Waals surface area contributed by atoms with Gasteiger partial charge in [-0.15, -0.1) is 0 Å². The van der Waals surface area contributed by atoms with Gasteiger partial charge in [0.25, 0.3) is 0 Å². The van der Waals surface area contributed by atoms with Crippen LogP contribution in [0.3, 0.4) is 0 Å². The zero-order chi connectivity index (χ0) is 17.4. The smallest absolute Gasteiger partial charge is 0.339 e. The molecule has 0 radical (unpaired) electrons. The molecule has 1 atom stereocenters. The van der Waals surface area contributed by atoms with Crippen LogP contribution < -0.4 is 4.72 Å². The van der Waals surface area contributed by atoms with E-state index in [4.69, 9.17) is 9.47 Å². The Kier molecular flexibility index (Phi) is 6.84. The highest BCUT2D eigenvalue weighted by atomic mass is 32.2. The molecule has 1 unspecified atom stereocenters. The molecule has 5 nitrogen and oxygen atoms in total. The molecule has 0 spiro atoms. The maximum atomic E-state index is 12.1. The van der Waals surface area contributed by atoms with Gasteiger partial charge in [0.1, 0.15) is 6.04 Å². The van der Waals surface area contributed by atoms with E-state index in [0.29, 0.717) is 17.1 Å². The summed E-state index contributed by atoms with van der Waals surface area (Å²) in [6, 6.07) is 15.7. The zero-order valence-electron chi connectivity index (χ0n) is 13.5. The zero-order valence-corrected chi connectivity index (χ0v) is 14.3. The Morgan fingerprint density at radius 1 is 1.08 bits per heavy atom. The first-order chi connectivity index (χ1) is 11.7. The quantitative estimate of drug-likeness (QED) is 0.613. The first kappa shape index (κ1) is 18.0. The van der Waals surface area contributed by atoms with Crippen molar-refractivity contribution in [1.29, 1.82) is 0 Å². The number of benzene rings is 2. The Morgan fingerprint density at radius 3 is 2.42 bits per heavy atom. The lowest BCUT2D eigenvalue weighted by Gasteiger charge is -2.17. The summed E-state index contributed by atoms with van der Waals surface area (Å²) in [5.74, 6) is -0.793. The molecule has 0 heterocycles. The third-order valence-corrected chi connectivity index (χ3v) is 4.17. The lowest BCUT2D eigenvalue weighted by molar-refractivity contribution is -0.142. The number of rotatable bonds is 7.